The van der Waals surface area contributed by atoms with E-state index in [9.17, 15) is 9.59 Å². The minimum atomic E-state index is -0.743. The molecular weight excluding hydrogens is 400 g/mol. The van der Waals surface area contributed by atoms with Gasteiger partial charge in [0.1, 0.15) is 18.3 Å². The first-order chi connectivity index (χ1) is 15.4. The number of benzene rings is 3. The second-order valence-corrected chi connectivity index (χ2v) is 8.45. The lowest BCUT2D eigenvalue weighted by Gasteiger charge is -2.40. The third kappa shape index (κ3) is 4.11. The number of piperazine rings is 1. The van der Waals surface area contributed by atoms with Gasteiger partial charge in [0.25, 0.3) is 5.91 Å². The predicted molar refractivity (Wildman–Crippen MR) is 127 cm³/mol. The molecule has 0 N–H and O–H groups in total. The molecule has 164 valence electrons. The maximum absolute atomic E-state index is 13.8. The monoisotopic (exact) mass is 428 g/mol. The van der Waals surface area contributed by atoms with Gasteiger partial charge in [-0.15, -0.1) is 0 Å². The van der Waals surface area contributed by atoms with E-state index in [0.29, 0.717) is 17.4 Å². The van der Waals surface area contributed by atoms with Gasteiger partial charge in [0, 0.05) is 11.4 Å². The zero-order valence-electron chi connectivity index (χ0n) is 18.9. The topological polar surface area (TPSA) is 49.9 Å². The van der Waals surface area contributed by atoms with Gasteiger partial charge in [-0.2, -0.15) is 0 Å². The zero-order chi connectivity index (χ0) is 22.8. The van der Waals surface area contributed by atoms with E-state index >= 15 is 0 Å². The molecule has 1 atom stereocenters. The van der Waals surface area contributed by atoms with Crippen LogP contribution >= 0.6 is 0 Å². The Kier molecular flexibility index (Phi) is 5.99. The summed E-state index contributed by atoms with van der Waals surface area (Å²) in [5, 5.41) is 0. The van der Waals surface area contributed by atoms with Gasteiger partial charge >= 0.3 is 0 Å². The van der Waals surface area contributed by atoms with E-state index in [4.69, 9.17) is 4.74 Å². The summed E-state index contributed by atoms with van der Waals surface area (Å²) < 4.78 is 5.26. The molecule has 1 aliphatic heterocycles. The number of methoxy groups -OCH3 is 1. The summed E-state index contributed by atoms with van der Waals surface area (Å²) in [6.45, 7) is 6.26. The fraction of sp³-hybridized carbons (Fsp3) is 0.259. The van der Waals surface area contributed by atoms with Crippen LogP contribution < -0.4 is 14.5 Å². The summed E-state index contributed by atoms with van der Waals surface area (Å²) in [4.78, 5) is 30.4. The second kappa shape index (κ2) is 8.87. The first-order valence-corrected chi connectivity index (χ1v) is 10.8. The van der Waals surface area contributed by atoms with E-state index in [1.807, 2.05) is 67.6 Å². The van der Waals surface area contributed by atoms with Crippen LogP contribution in [0.5, 0.6) is 5.75 Å². The first-order valence-electron chi connectivity index (χ1n) is 10.8. The van der Waals surface area contributed by atoms with Crippen molar-refractivity contribution in [2.75, 3.05) is 23.5 Å². The molecular formula is C27H28N2O3. The molecule has 5 heteroatoms. The lowest BCUT2D eigenvalue weighted by molar-refractivity contribution is -0.128. The Morgan fingerprint density at radius 1 is 0.844 bits per heavy atom. The SMILES string of the molecule is COc1ccc(N2C(=O)CN(c3ccc(C)cc3)C(=O)[C@@H]2c2ccc(C(C)C)cc2)cc1. The maximum Gasteiger partial charge on any atom is 0.255 e. The number of ether oxygens (including phenoxy) is 1. The Hall–Kier alpha value is -3.60. The molecule has 1 fully saturated rings. The number of nitrogens with zero attached hydrogens (tertiary/aromatic N) is 2. The van der Waals surface area contributed by atoms with Crippen molar-refractivity contribution < 1.29 is 14.3 Å². The average molecular weight is 429 g/mol. The van der Waals surface area contributed by atoms with E-state index in [1.54, 1.807) is 29.0 Å². The third-order valence-electron chi connectivity index (χ3n) is 5.94. The number of rotatable bonds is 5. The van der Waals surface area contributed by atoms with Gasteiger partial charge in [0.05, 0.1) is 7.11 Å². The Balaban J connectivity index is 1.78. The molecule has 4 rings (SSSR count). The maximum atomic E-state index is 13.8. The molecule has 5 nitrogen and oxygen atoms in total. The molecule has 1 heterocycles. The van der Waals surface area contributed by atoms with Gasteiger partial charge in [0.2, 0.25) is 5.91 Å². The third-order valence-corrected chi connectivity index (χ3v) is 5.94. The molecule has 0 spiro atoms. The standard InChI is InChI=1S/C27H28N2O3/c1-18(2)20-7-9-21(10-8-20)26-27(31)28(22-11-5-19(3)6-12-22)17-25(30)29(26)23-13-15-24(32-4)16-14-23/h5-16,18,26H,17H2,1-4H3/t26-/m0/s1. The summed E-state index contributed by atoms with van der Waals surface area (Å²) in [6.07, 6.45) is 0. The zero-order valence-corrected chi connectivity index (χ0v) is 18.9. The highest BCUT2D eigenvalue weighted by Gasteiger charge is 2.41. The Labute approximate surface area is 189 Å². The molecule has 1 saturated heterocycles. The Morgan fingerprint density at radius 2 is 1.44 bits per heavy atom. The number of anilines is 2. The minimum absolute atomic E-state index is 0.00546. The molecule has 0 bridgehead atoms. The molecule has 3 aromatic rings. The van der Waals surface area contributed by atoms with Crippen LogP contribution in [-0.2, 0) is 9.59 Å². The Bertz CT molecular complexity index is 1100. The molecule has 0 unspecified atom stereocenters. The fourth-order valence-electron chi connectivity index (χ4n) is 4.03. The minimum Gasteiger partial charge on any atom is -0.497 e. The number of amides is 2. The van der Waals surface area contributed by atoms with E-state index in [0.717, 1.165) is 16.8 Å². The van der Waals surface area contributed by atoms with E-state index in [1.165, 1.54) is 5.56 Å². The lowest BCUT2D eigenvalue weighted by atomic mass is 9.95. The van der Waals surface area contributed by atoms with E-state index in [-0.39, 0.29) is 18.4 Å². The van der Waals surface area contributed by atoms with Crippen molar-refractivity contribution in [3.05, 3.63) is 89.5 Å². The molecule has 0 saturated carbocycles. The second-order valence-electron chi connectivity index (χ2n) is 8.45. The van der Waals surface area contributed by atoms with Crippen molar-refractivity contribution in [3.8, 4) is 5.75 Å². The van der Waals surface area contributed by atoms with Crippen molar-refractivity contribution in [2.24, 2.45) is 0 Å². The number of hydrogen-bond acceptors (Lipinski definition) is 3. The molecule has 0 radical (unpaired) electrons. The Morgan fingerprint density at radius 3 is 2.00 bits per heavy atom. The normalized spacial score (nSPS) is 16.6. The molecule has 3 aromatic carbocycles. The highest BCUT2D eigenvalue weighted by atomic mass is 16.5. The van der Waals surface area contributed by atoms with Gasteiger partial charge in [-0.3, -0.25) is 14.5 Å². The molecule has 0 aliphatic carbocycles. The van der Waals surface area contributed by atoms with Crippen LogP contribution in [-0.4, -0.2) is 25.5 Å². The first kappa shape index (κ1) is 21.6. The van der Waals surface area contributed by atoms with Crippen molar-refractivity contribution in [1.82, 2.24) is 0 Å². The van der Waals surface area contributed by atoms with Crippen molar-refractivity contribution in [3.63, 3.8) is 0 Å². The van der Waals surface area contributed by atoms with Gasteiger partial charge < -0.3 is 9.64 Å². The molecule has 2 amide bonds. The molecule has 1 aliphatic rings. The quantitative estimate of drug-likeness (QED) is 0.558. The molecule has 32 heavy (non-hydrogen) atoms. The summed E-state index contributed by atoms with van der Waals surface area (Å²) in [5.74, 6) is 0.827. The largest absolute Gasteiger partial charge is 0.497 e. The summed E-state index contributed by atoms with van der Waals surface area (Å²) in [7, 11) is 1.60. The number of hydrogen-bond donors (Lipinski definition) is 0. The van der Waals surface area contributed by atoms with Crippen LogP contribution in [0, 0.1) is 6.92 Å². The summed E-state index contributed by atoms with van der Waals surface area (Å²) >= 11 is 0. The van der Waals surface area contributed by atoms with Crippen LogP contribution in [0.3, 0.4) is 0 Å². The average Bonchev–Trinajstić information content (AvgIpc) is 2.81. The van der Waals surface area contributed by atoms with Crippen molar-refractivity contribution in [1.29, 1.82) is 0 Å². The van der Waals surface area contributed by atoms with Crippen molar-refractivity contribution >= 4 is 23.2 Å². The number of carbonyl (C=O) groups is 2. The van der Waals surface area contributed by atoms with Crippen LogP contribution in [0.4, 0.5) is 11.4 Å². The van der Waals surface area contributed by atoms with Gasteiger partial charge in [-0.1, -0.05) is 55.8 Å². The smallest absolute Gasteiger partial charge is 0.255 e. The van der Waals surface area contributed by atoms with Crippen LogP contribution in [0.25, 0.3) is 0 Å². The van der Waals surface area contributed by atoms with Crippen molar-refractivity contribution in [2.45, 2.75) is 32.7 Å². The number of carbonyl (C=O) groups excluding carboxylic acids is 2. The number of aryl methyl sites for hydroxylation is 1. The van der Waals surface area contributed by atoms with Crippen LogP contribution in [0.2, 0.25) is 0 Å². The highest BCUT2D eigenvalue weighted by Crippen LogP contribution is 2.35. The van der Waals surface area contributed by atoms with Gasteiger partial charge in [-0.25, -0.2) is 0 Å². The summed E-state index contributed by atoms with van der Waals surface area (Å²) in [5.41, 5.74) is 4.48. The predicted octanol–water partition coefficient (Wildman–Crippen LogP) is 5.25. The van der Waals surface area contributed by atoms with E-state index < -0.39 is 6.04 Å². The van der Waals surface area contributed by atoms with Gasteiger partial charge in [-0.05, 0) is 60.4 Å². The molecule has 0 aromatic heterocycles. The fourth-order valence-corrected chi connectivity index (χ4v) is 4.03. The van der Waals surface area contributed by atoms with Crippen LogP contribution in [0.1, 0.15) is 42.5 Å². The summed E-state index contributed by atoms with van der Waals surface area (Å²) in [6, 6.07) is 22.2. The highest BCUT2D eigenvalue weighted by molar-refractivity contribution is 6.14. The van der Waals surface area contributed by atoms with Crippen LogP contribution in [0.15, 0.2) is 72.8 Å². The lowest BCUT2D eigenvalue weighted by Crippen LogP contribution is -2.56. The van der Waals surface area contributed by atoms with E-state index in [2.05, 4.69) is 13.8 Å². The van der Waals surface area contributed by atoms with Gasteiger partial charge in [0.15, 0.2) is 0 Å².